The van der Waals surface area contributed by atoms with E-state index >= 15 is 0 Å². The molecule has 0 aliphatic carbocycles. The lowest BCUT2D eigenvalue weighted by Crippen LogP contribution is -1.91. The Morgan fingerprint density at radius 1 is 1.28 bits per heavy atom. The van der Waals surface area contributed by atoms with E-state index in [4.69, 9.17) is 9.52 Å². The normalized spacial score (nSPS) is 10.8. The first-order chi connectivity index (χ1) is 8.56. The third-order valence-corrected chi connectivity index (χ3v) is 3.51. The number of rotatable bonds is 4. The van der Waals surface area contributed by atoms with Crippen LogP contribution in [0, 0.1) is 0 Å². The molecule has 1 aromatic carbocycles. The first-order valence-electron chi connectivity index (χ1n) is 5.66. The number of furan rings is 1. The van der Waals surface area contributed by atoms with E-state index in [1.807, 2.05) is 12.1 Å². The van der Waals surface area contributed by atoms with Crippen LogP contribution in [0.25, 0.3) is 0 Å². The largest absolute Gasteiger partial charge is 0.478 e. The van der Waals surface area contributed by atoms with Crippen molar-refractivity contribution in [2.75, 3.05) is 0 Å². The Morgan fingerprint density at radius 3 is 2.44 bits per heavy atom. The summed E-state index contributed by atoms with van der Waals surface area (Å²) in [6, 6.07) is 9.72. The second-order valence-corrected chi connectivity index (χ2v) is 5.36. The SMILES string of the molecule is CC(C)c1ccc(Sc2cc(C(=O)O)co2)cc1. The summed E-state index contributed by atoms with van der Waals surface area (Å²) in [4.78, 5) is 11.8. The first kappa shape index (κ1) is 12.8. The van der Waals surface area contributed by atoms with Crippen LogP contribution < -0.4 is 0 Å². The van der Waals surface area contributed by atoms with Crippen molar-refractivity contribution in [1.29, 1.82) is 0 Å². The molecule has 0 bridgehead atoms. The third-order valence-electron chi connectivity index (χ3n) is 2.59. The topological polar surface area (TPSA) is 50.4 Å². The molecular formula is C14H14O3S. The number of hydrogen-bond donors (Lipinski definition) is 1. The van der Waals surface area contributed by atoms with Gasteiger partial charge in [0.2, 0.25) is 0 Å². The van der Waals surface area contributed by atoms with E-state index in [1.165, 1.54) is 29.7 Å². The maximum atomic E-state index is 10.7. The average Bonchev–Trinajstić information content (AvgIpc) is 2.78. The molecule has 0 saturated heterocycles. The zero-order chi connectivity index (χ0) is 13.1. The van der Waals surface area contributed by atoms with Crippen molar-refractivity contribution in [1.82, 2.24) is 0 Å². The van der Waals surface area contributed by atoms with E-state index in [9.17, 15) is 4.79 Å². The van der Waals surface area contributed by atoms with Gasteiger partial charge in [-0.25, -0.2) is 4.79 Å². The number of aromatic carboxylic acids is 1. The lowest BCUT2D eigenvalue weighted by Gasteiger charge is -2.05. The van der Waals surface area contributed by atoms with Crippen LogP contribution in [0.5, 0.6) is 0 Å². The van der Waals surface area contributed by atoms with Crippen LogP contribution in [0.1, 0.15) is 35.7 Å². The van der Waals surface area contributed by atoms with Gasteiger partial charge in [0.05, 0.1) is 5.56 Å². The van der Waals surface area contributed by atoms with Gasteiger partial charge in [-0.2, -0.15) is 0 Å². The minimum Gasteiger partial charge on any atom is -0.478 e. The second-order valence-electron chi connectivity index (χ2n) is 4.29. The number of carboxylic acid groups (broad SMARTS) is 1. The Hall–Kier alpha value is -1.68. The molecule has 94 valence electrons. The van der Waals surface area contributed by atoms with Crippen molar-refractivity contribution >= 4 is 17.7 Å². The van der Waals surface area contributed by atoms with Crippen molar-refractivity contribution in [3.63, 3.8) is 0 Å². The smallest absolute Gasteiger partial charge is 0.339 e. The molecule has 0 radical (unpaired) electrons. The molecule has 2 aromatic rings. The monoisotopic (exact) mass is 262 g/mol. The molecule has 2 rings (SSSR count). The zero-order valence-corrected chi connectivity index (χ0v) is 11.0. The van der Waals surface area contributed by atoms with Gasteiger partial charge < -0.3 is 9.52 Å². The number of hydrogen-bond acceptors (Lipinski definition) is 3. The Balaban J connectivity index is 2.10. The molecule has 4 heteroatoms. The summed E-state index contributed by atoms with van der Waals surface area (Å²) < 4.78 is 5.19. The second kappa shape index (κ2) is 5.31. The van der Waals surface area contributed by atoms with Crippen molar-refractivity contribution in [3.8, 4) is 0 Å². The van der Waals surface area contributed by atoms with Gasteiger partial charge in [-0.15, -0.1) is 0 Å². The van der Waals surface area contributed by atoms with Crippen molar-refractivity contribution in [2.24, 2.45) is 0 Å². The molecule has 0 aliphatic rings. The predicted molar refractivity (Wildman–Crippen MR) is 70.3 cm³/mol. The van der Waals surface area contributed by atoms with E-state index in [0.29, 0.717) is 11.0 Å². The number of carbonyl (C=O) groups is 1. The molecule has 0 atom stereocenters. The number of carboxylic acids is 1. The lowest BCUT2D eigenvalue weighted by molar-refractivity contribution is 0.0696. The molecule has 0 unspecified atom stereocenters. The van der Waals surface area contributed by atoms with E-state index in [-0.39, 0.29) is 5.56 Å². The summed E-state index contributed by atoms with van der Waals surface area (Å²) in [6.07, 6.45) is 1.26. The molecule has 0 aliphatic heterocycles. The molecular weight excluding hydrogens is 248 g/mol. The maximum Gasteiger partial charge on any atom is 0.339 e. The fourth-order valence-electron chi connectivity index (χ4n) is 1.52. The summed E-state index contributed by atoms with van der Waals surface area (Å²) in [5, 5.41) is 9.38. The average molecular weight is 262 g/mol. The molecule has 1 N–H and O–H groups in total. The van der Waals surface area contributed by atoms with Gasteiger partial charge in [-0.1, -0.05) is 37.7 Å². The van der Waals surface area contributed by atoms with Crippen LogP contribution in [-0.4, -0.2) is 11.1 Å². The van der Waals surface area contributed by atoms with Crippen molar-refractivity contribution < 1.29 is 14.3 Å². The highest BCUT2D eigenvalue weighted by Crippen LogP contribution is 2.30. The molecule has 0 saturated carbocycles. The Kier molecular flexibility index (Phi) is 3.77. The van der Waals surface area contributed by atoms with Gasteiger partial charge >= 0.3 is 5.97 Å². The van der Waals surface area contributed by atoms with Crippen LogP contribution in [0.2, 0.25) is 0 Å². The Labute approximate surface area is 110 Å². The fraction of sp³-hybridized carbons (Fsp3) is 0.214. The standard InChI is InChI=1S/C14H14O3S/c1-9(2)10-3-5-12(6-4-10)18-13-7-11(8-17-13)14(15)16/h3-9H,1-2H3,(H,15,16). The Bertz CT molecular complexity index is 540. The van der Waals surface area contributed by atoms with Gasteiger partial charge in [0.25, 0.3) is 0 Å². The van der Waals surface area contributed by atoms with Crippen LogP contribution >= 0.6 is 11.8 Å². The fourth-order valence-corrected chi connectivity index (χ4v) is 2.31. The van der Waals surface area contributed by atoms with E-state index in [0.717, 1.165) is 4.90 Å². The Morgan fingerprint density at radius 2 is 1.94 bits per heavy atom. The first-order valence-corrected chi connectivity index (χ1v) is 6.47. The highest BCUT2D eigenvalue weighted by molar-refractivity contribution is 7.99. The summed E-state index contributed by atoms with van der Waals surface area (Å²) in [7, 11) is 0. The maximum absolute atomic E-state index is 10.7. The van der Waals surface area contributed by atoms with E-state index < -0.39 is 5.97 Å². The quantitative estimate of drug-likeness (QED) is 0.894. The summed E-state index contributed by atoms with van der Waals surface area (Å²) in [5.74, 6) is -0.466. The molecule has 0 amide bonds. The van der Waals surface area contributed by atoms with Crippen molar-refractivity contribution in [3.05, 3.63) is 47.7 Å². The van der Waals surface area contributed by atoms with Crippen molar-refractivity contribution in [2.45, 2.75) is 29.8 Å². The van der Waals surface area contributed by atoms with Crippen LogP contribution in [0.15, 0.2) is 51.0 Å². The lowest BCUT2D eigenvalue weighted by atomic mass is 10.0. The van der Waals surface area contributed by atoms with Gasteiger partial charge in [0.15, 0.2) is 5.09 Å². The van der Waals surface area contributed by atoms with Crippen LogP contribution in [0.3, 0.4) is 0 Å². The van der Waals surface area contributed by atoms with E-state index in [2.05, 4.69) is 26.0 Å². The minimum absolute atomic E-state index is 0.177. The molecule has 1 aromatic heterocycles. The summed E-state index contributed by atoms with van der Waals surface area (Å²) >= 11 is 1.42. The summed E-state index contributed by atoms with van der Waals surface area (Å²) in [5.41, 5.74) is 1.46. The van der Waals surface area contributed by atoms with Gasteiger partial charge in [-0.3, -0.25) is 0 Å². The number of benzene rings is 1. The van der Waals surface area contributed by atoms with Gasteiger partial charge in [-0.05, 0) is 23.6 Å². The van der Waals surface area contributed by atoms with Gasteiger partial charge in [0.1, 0.15) is 6.26 Å². The summed E-state index contributed by atoms with van der Waals surface area (Å²) in [6.45, 7) is 4.29. The third kappa shape index (κ3) is 2.96. The minimum atomic E-state index is -0.972. The predicted octanol–water partition coefficient (Wildman–Crippen LogP) is 4.25. The molecule has 0 fully saturated rings. The molecule has 1 heterocycles. The van der Waals surface area contributed by atoms with Crippen LogP contribution in [0.4, 0.5) is 0 Å². The highest BCUT2D eigenvalue weighted by atomic mass is 32.2. The molecule has 0 spiro atoms. The highest BCUT2D eigenvalue weighted by Gasteiger charge is 2.09. The van der Waals surface area contributed by atoms with Gasteiger partial charge in [0, 0.05) is 11.0 Å². The van der Waals surface area contributed by atoms with Crippen LogP contribution in [-0.2, 0) is 0 Å². The van der Waals surface area contributed by atoms with E-state index in [1.54, 1.807) is 0 Å². The molecule has 18 heavy (non-hydrogen) atoms. The molecule has 3 nitrogen and oxygen atoms in total. The zero-order valence-electron chi connectivity index (χ0n) is 10.2.